The second-order valence-electron chi connectivity index (χ2n) is 3.37. The zero-order valence-corrected chi connectivity index (χ0v) is 7.51. The van der Waals surface area contributed by atoms with Crippen molar-refractivity contribution in [3.8, 4) is 0 Å². The van der Waals surface area contributed by atoms with Crippen molar-refractivity contribution in [1.29, 1.82) is 0 Å². The number of hydrazine groups is 1. The predicted molar refractivity (Wildman–Crippen MR) is 40.9 cm³/mol. The molecular weight excluding hydrogens is 158 g/mol. The lowest BCUT2D eigenvalue weighted by molar-refractivity contribution is -0.949. The minimum absolute atomic E-state index is 0.231. The summed E-state index contributed by atoms with van der Waals surface area (Å²) in [5, 5.41) is 21.9. The number of piperidine rings is 1. The molecule has 0 aromatic carbocycles. The summed E-state index contributed by atoms with van der Waals surface area (Å²) >= 11 is 0. The Morgan fingerprint density at radius 1 is 1.33 bits per heavy atom. The molecule has 5 nitrogen and oxygen atoms in total. The van der Waals surface area contributed by atoms with Gasteiger partial charge in [0.1, 0.15) is 0 Å². The molecule has 70 valence electrons. The first-order chi connectivity index (χ1) is 5.66. The molecule has 0 saturated carbocycles. The van der Waals surface area contributed by atoms with Crippen LogP contribution >= 0.6 is 0 Å². The molecule has 0 aromatic rings. The lowest BCUT2D eigenvalue weighted by Crippen LogP contribution is -2.48. The Morgan fingerprint density at radius 2 is 1.83 bits per heavy atom. The fourth-order valence-electron chi connectivity index (χ4n) is 1.81. The summed E-state index contributed by atoms with van der Waals surface area (Å²) in [5.41, 5.74) is 0. The van der Waals surface area contributed by atoms with Crippen LogP contribution < -0.4 is 0 Å². The van der Waals surface area contributed by atoms with Crippen LogP contribution in [0.2, 0.25) is 0 Å². The Bertz CT molecular complexity index is 173. The maximum atomic E-state index is 9.17. The Kier molecular flexibility index (Phi) is 2.73. The average molecular weight is 174 g/mol. The van der Waals surface area contributed by atoms with Crippen molar-refractivity contribution in [2.75, 3.05) is 0 Å². The lowest BCUT2D eigenvalue weighted by Gasteiger charge is -2.29. The fourth-order valence-corrected chi connectivity index (χ4v) is 1.81. The topological polar surface area (TPSA) is 59.1 Å². The Labute approximate surface area is 71.8 Å². The highest BCUT2D eigenvalue weighted by atomic mass is 16.6. The molecule has 1 heterocycles. The van der Waals surface area contributed by atoms with Gasteiger partial charge in [-0.3, -0.25) is 0 Å². The van der Waals surface area contributed by atoms with Crippen LogP contribution in [0.4, 0.5) is 0 Å². The number of hydrogen-bond donors (Lipinski definition) is 2. The summed E-state index contributed by atoms with van der Waals surface area (Å²) in [6, 6.07) is 0.462. The molecule has 1 aliphatic rings. The molecular formula is C7H16N3O2+. The van der Waals surface area contributed by atoms with Crippen LogP contribution in [0.5, 0.6) is 0 Å². The molecule has 1 aliphatic heterocycles. The van der Waals surface area contributed by atoms with E-state index >= 15 is 0 Å². The van der Waals surface area contributed by atoms with Gasteiger partial charge in [0.15, 0.2) is 0 Å². The molecule has 0 spiro atoms. The van der Waals surface area contributed by atoms with Gasteiger partial charge in [-0.1, -0.05) is 0 Å². The van der Waals surface area contributed by atoms with Crippen LogP contribution in [0, 0.1) is 0 Å². The first-order valence-electron chi connectivity index (χ1n) is 4.29. The van der Waals surface area contributed by atoms with E-state index in [-0.39, 0.29) is 12.1 Å². The van der Waals surface area contributed by atoms with Gasteiger partial charge in [-0.2, -0.15) is 0 Å². The van der Waals surface area contributed by atoms with Crippen LogP contribution in [0.15, 0.2) is 5.28 Å². The van der Waals surface area contributed by atoms with Crippen molar-refractivity contribution in [2.24, 2.45) is 5.28 Å². The molecule has 2 N–H and O–H groups in total. The van der Waals surface area contributed by atoms with Gasteiger partial charge in [-0.25, -0.2) is 5.21 Å². The molecule has 0 aromatic heterocycles. The SMILES string of the molecule is C[C@@H]1CCC[C@H](C)N1[N+](O)=NO. The zero-order chi connectivity index (χ0) is 9.14. The third-order valence-corrected chi connectivity index (χ3v) is 2.43. The van der Waals surface area contributed by atoms with E-state index in [2.05, 4.69) is 5.28 Å². The third kappa shape index (κ3) is 1.60. The van der Waals surface area contributed by atoms with Crippen molar-refractivity contribution < 1.29 is 15.4 Å². The number of hydrogen-bond acceptors (Lipinski definition) is 1. The van der Waals surface area contributed by atoms with Gasteiger partial charge in [-0.15, -0.1) is 5.01 Å². The van der Waals surface area contributed by atoms with Crippen LogP contribution in [0.1, 0.15) is 33.1 Å². The fraction of sp³-hybridized carbons (Fsp3) is 1.00. The van der Waals surface area contributed by atoms with Gasteiger partial charge in [0.2, 0.25) is 0 Å². The number of nitrogens with zero attached hydrogens (tertiary/aromatic N) is 3. The van der Waals surface area contributed by atoms with Crippen molar-refractivity contribution in [3.05, 3.63) is 0 Å². The summed E-state index contributed by atoms with van der Waals surface area (Å²) in [6.45, 7) is 4.01. The molecule has 0 aliphatic carbocycles. The highest BCUT2D eigenvalue weighted by molar-refractivity contribution is 4.72. The van der Waals surface area contributed by atoms with Crippen molar-refractivity contribution in [1.82, 2.24) is 5.01 Å². The first kappa shape index (κ1) is 9.09. The highest BCUT2D eigenvalue weighted by Crippen LogP contribution is 2.21. The molecule has 0 amide bonds. The van der Waals surface area contributed by atoms with E-state index in [1.807, 2.05) is 13.8 Å². The van der Waals surface area contributed by atoms with Gasteiger partial charge >= 0.3 is 0 Å². The van der Waals surface area contributed by atoms with Gasteiger partial charge < -0.3 is 5.21 Å². The minimum atomic E-state index is 0.231. The van der Waals surface area contributed by atoms with Gasteiger partial charge in [0, 0.05) is 0 Å². The highest BCUT2D eigenvalue weighted by Gasteiger charge is 2.34. The predicted octanol–water partition coefficient (Wildman–Crippen LogP) is 1.41. The molecule has 0 unspecified atom stereocenters. The van der Waals surface area contributed by atoms with Crippen LogP contribution in [-0.2, 0) is 0 Å². The first-order valence-corrected chi connectivity index (χ1v) is 4.29. The van der Waals surface area contributed by atoms with E-state index in [0.29, 0.717) is 4.97 Å². The van der Waals surface area contributed by atoms with Crippen molar-refractivity contribution in [3.63, 3.8) is 0 Å². The van der Waals surface area contributed by atoms with Crippen LogP contribution in [0.25, 0.3) is 0 Å². The molecule has 0 radical (unpaired) electrons. The minimum Gasteiger partial charge on any atom is -0.357 e. The second-order valence-corrected chi connectivity index (χ2v) is 3.37. The van der Waals surface area contributed by atoms with Gasteiger partial charge in [0.05, 0.1) is 12.1 Å². The average Bonchev–Trinajstić information content (AvgIpc) is 2.03. The quantitative estimate of drug-likeness (QED) is 0.359. The van der Waals surface area contributed by atoms with E-state index in [0.717, 1.165) is 19.3 Å². The Morgan fingerprint density at radius 3 is 2.25 bits per heavy atom. The van der Waals surface area contributed by atoms with E-state index in [4.69, 9.17) is 10.4 Å². The van der Waals surface area contributed by atoms with E-state index in [1.54, 1.807) is 5.01 Å². The summed E-state index contributed by atoms with van der Waals surface area (Å²) in [4.78, 5) is 0.536. The van der Waals surface area contributed by atoms with Gasteiger partial charge in [0.25, 0.3) is 10.2 Å². The standard InChI is InChI=1S/C7H15N3O2/c1-6-4-3-5-7(2)9(6)10(12)8-11/h6-7,12H,3-5H2,1-2H3/p+1/t6-,7+. The molecule has 5 heteroatoms. The van der Waals surface area contributed by atoms with E-state index < -0.39 is 0 Å². The van der Waals surface area contributed by atoms with E-state index in [9.17, 15) is 0 Å². The monoisotopic (exact) mass is 174 g/mol. The summed E-state index contributed by atoms with van der Waals surface area (Å²) in [5.74, 6) is 0. The molecule has 0 bridgehead atoms. The summed E-state index contributed by atoms with van der Waals surface area (Å²) < 4.78 is 0. The number of rotatable bonds is 1. The largest absolute Gasteiger partial charge is 0.357 e. The van der Waals surface area contributed by atoms with E-state index in [1.165, 1.54) is 0 Å². The zero-order valence-electron chi connectivity index (χ0n) is 7.51. The smallest absolute Gasteiger partial charge is 0.271 e. The maximum Gasteiger partial charge on any atom is 0.271 e. The lowest BCUT2D eigenvalue weighted by atomic mass is 10.00. The summed E-state index contributed by atoms with van der Waals surface area (Å²) in [6.07, 6.45) is 3.21. The van der Waals surface area contributed by atoms with Crippen molar-refractivity contribution in [2.45, 2.75) is 45.2 Å². The summed E-state index contributed by atoms with van der Waals surface area (Å²) in [7, 11) is 0. The Balaban J connectivity index is 2.69. The van der Waals surface area contributed by atoms with Crippen LogP contribution in [0.3, 0.4) is 0 Å². The van der Waals surface area contributed by atoms with Crippen molar-refractivity contribution >= 4 is 0 Å². The normalized spacial score (nSPS) is 32.2. The Hall–Kier alpha value is -1.00. The van der Waals surface area contributed by atoms with Gasteiger partial charge in [-0.05, 0) is 33.1 Å². The maximum absolute atomic E-state index is 9.17. The molecule has 2 atom stereocenters. The molecule has 1 fully saturated rings. The van der Waals surface area contributed by atoms with Crippen LogP contribution in [-0.4, -0.2) is 32.5 Å². The third-order valence-electron chi connectivity index (χ3n) is 2.43. The molecule has 1 saturated heterocycles. The second kappa shape index (κ2) is 3.60. The molecule has 12 heavy (non-hydrogen) atoms. The molecule has 1 rings (SSSR count).